The number of hydrogen-bond donors (Lipinski definition) is 2. The second-order valence-electron chi connectivity index (χ2n) is 4.02. The minimum Gasteiger partial charge on any atom is -0.493 e. The fourth-order valence-electron chi connectivity index (χ4n) is 1.62. The van der Waals surface area contributed by atoms with Crippen LogP contribution in [0.25, 0.3) is 0 Å². The fourth-order valence-corrected chi connectivity index (χ4v) is 1.62. The average molecular weight is 237 g/mol. The van der Waals surface area contributed by atoms with Crippen LogP contribution in [-0.2, 0) is 6.54 Å². The van der Waals surface area contributed by atoms with Gasteiger partial charge in [-0.1, -0.05) is 25.1 Å². The summed E-state index contributed by atoms with van der Waals surface area (Å²) in [6.45, 7) is 4.91. The van der Waals surface area contributed by atoms with Gasteiger partial charge in [-0.2, -0.15) is 0 Å². The van der Waals surface area contributed by atoms with Crippen molar-refractivity contribution in [1.82, 2.24) is 5.32 Å². The Balaban J connectivity index is 2.35. The van der Waals surface area contributed by atoms with Crippen molar-refractivity contribution in [3.05, 3.63) is 29.8 Å². The minimum atomic E-state index is 0.275. The van der Waals surface area contributed by atoms with Gasteiger partial charge in [0.2, 0.25) is 0 Å². The third kappa shape index (κ3) is 5.71. The van der Waals surface area contributed by atoms with Crippen LogP contribution in [0.3, 0.4) is 0 Å². The Morgan fingerprint density at radius 2 is 2.00 bits per heavy atom. The van der Waals surface area contributed by atoms with Gasteiger partial charge in [-0.15, -0.1) is 0 Å². The van der Waals surface area contributed by atoms with Gasteiger partial charge >= 0.3 is 0 Å². The predicted octanol–water partition coefficient (Wildman–Crippen LogP) is 2.34. The highest BCUT2D eigenvalue weighted by atomic mass is 16.5. The molecule has 0 heterocycles. The molecule has 0 aliphatic carbocycles. The van der Waals surface area contributed by atoms with E-state index in [4.69, 9.17) is 9.84 Å². The lowest BCUT2D eigenvalue weighted by molar-refractivity contribution is 0.265. The molecule has 1 aromatic rings. The molecule has 96 valence electrons. The summed E-state index contributed by atoms with van der Waals surface area (Å²) in [6.07, 6.45) is 2.88. The number of nitrogens with one attached hydrogen (secondary N) is 1. The normalized spacial score (nSPS) is 10.5. The van der Waals surface area contributed by atoms with Gasteiger partial charge in [0.05, 0.1) is 6.61 Å². The van der Waals surface area contributed by atoms with E-state index in [1.54, 1.807) is 0 Å². The maximum Gasteiger partial charge on any atom is 0.123 e. The molecule has 0 aliphatic heterocycles. The van der Waals surface area contributed by atoms with Crippen LogP contribution in [0.15, 0.2) is 24.3 Å². The molecule has 1 rings (SSSR count). The molecule has 3 nitrogen and oxygen atoms in total. The Morgan fingerprint density at radius 1 is 1.18 bits per heavy atom. The summed E-state index contributed by atoms with van der Waals surface area (Å²) in [5.41, 5.74) is 1.21. The van der Waals surface area contributed by atoms with E-state index in [1.807, 2.05) is 18.2 Å². The van der Waals surface area contributed by atoms with Crippen molar-refractivity contribution < 1.29 is 9.84 Å². The molecule has 0 aliphatic rings. The first-order chi connectivity index (χ1) is 8.38. The third-order valence-corrected chi connectivity index (χ3v) is 2.60. The zero-order valence-electron chi connectivity index (χ0n) is 10.6. The number of para-hydroxylation sites is 1. The Kier molecular flexibility index (Phi) is 7.43. The summed E-state index contributed by atoms with van der Waals surface area (Å²) in [6, 6.07) is 8.13. The van der Waals surface area contributed by atoms with Gasteiger partial charge in [0.15, 0.2) is 0 Å². The van der Waals surface area contributed by atoms with Crippen molar-refractivity contribution >= 4 is 0 Å². The number of aliphatic hydroxyl groups excluding tert-OH is 1. The summed E-state index contributed by atoms with van der Waals surface area (Å²) >= 11 is 0. The smallest absolute Gasteiger partial charge is 0.123 e. The molecular formula is C14H23NO2. The van der Waals surface area contributed by atoms with Crippen LogP contribution in [-0.4, -0.2) is 24.9 Å². The van der Waals surface area contributed by atoms with E-state index >= 15 is 0 Å². The number of rotatable bonds is 9. The van der Waals surface area contributed by atoms with E-state index < -0.39 is 0 Å². The van der Waals surface area contributed by atoms with Gasteiger partial charge in [-0.05, 0) is 31.9 Å². The van der Waals surface area contributed by atoms with E-state index in [9.17, 15) is 0 Å². The van der Waals surface area contributed by atoms with Gasteiger partial charge in [0.25, 0.3) is 0 Å². The van der Waals surface area contributed by atoms with Gasteiger partial charge in [-0.25, -0.2) is 0 Å². The second kappa shape index (κ2) is 9.02. The first-order valence-corrected chi connectivity index (χ1v) is 6.40. The lowest BCUT2D eigenvalue weighted by Gasteiger charge is -2.11. The number of aliphatic hydroxyl groups is 1. The summed E-state index contributed by atoms with van der Waals surface area (Å²) in [5, 5.41) is 12.0. The molecule has 3 heteroatoms. The van der Waals surface area contributed by atoms with Crippen molar-refractivity contribution in [2.24, 2.45) is 0 Å². The largest absolute Gasteiger partial charge is 0.493 e. The van der Waals surface area contributed by atoms with Crippen LogP contribution in [0.2, 0.25) is 0 Å². The van der Waals surface area contributed by atoms with Crippen LogP contribution in [0.4, 0.5) is 0 Å². The predicted molar refractivity (Wildman–Crippen MR) is 70.3 cm³/mol. The third-order valence-electron chi connectivity index (χ3n) is 2.60. The van der Waals surface area contributed by atoms with E-state index in [0.717, 1.165) is 44.7 Å². The van der Waals surface area contributed by atoms with E-state index in [-0.39, 0.29) is 6.61 Å². The molecule has 0 fully saturated rings. The highest BCUT2D eigenvalue weighted by Gasteiger charge is 2.01. The lowest BCUT2D eigenvalue weighted by atomic mass is 10.2. The highest BCUT2D eigenvalue weighted by molar-refractivity contribution is 5.33. The average Bonchev–Trinajstić information content (AvgIpc) is 2.37. The first kappa shape index (κ1) is 14.0. The zero-order valence-corrected chi connectivity index (χ0v) is 10.6. The quantitative estimate of drug-likeness (QED) is 0.648. The van der Waals surface area contributed by atoms with E-state index in [0.29, 0.717) is 0 Å². The zero-order chi connectivity index (χ0) is 12.3. The van der Waals surface area contributed by atoms with Gasteiger partial charge in [-0.3, -0.25) is 0 Å². The molecule has 17 heavy (non-hydrogen) atoms. The molecule has 0 aromatic heterocycles. The molecule has 0 spiro atoms. The Labute approximate surface area is 104 Å². The topological polar surface area (TPSA) is 41.5 Å². The van der Waals surface area contributed by atoms with Crippen LogP contribution in [0, 0.1) is 0 Å². The SMILES string of the molecule is CCNCc1ccccc1OCCCCCO. The number of benzene rings is 1. The van der Waals surface area contributed by atoms with Crippen molar-refractivity contribution in [2.75, 3.05) is 19.8 Å². The van der Waals surface area contributed by atoms with Crippen molar-refractivity contribution in [1.29, 1.82) is 0 Å². The maximum absolute atomic E-state index is 8.67. The molecular weight excluding hydrogens is 214 g/mol. The van der Waals surface area contributed by atoms with Crippen LogP contribution in [0.1, 0.15) is 31.7 Å². The molecule has 0 saturated heterocycles. The molecule has 0 radical (unpaired) electrons. The Morgan fingerprint density at radius 3 is 2.76 bits per heavy atom. The van der Waals surface area contributed by atoms with Crippen molar-refractivity contribution in [3.8, 4) is 5.75 Å². The fraction of sp³-hybridized carbons (Fsp3) is 0.571. The molecule has 0 amide bonds. The number of ether oxygens (including phenoxy) is 1. The standard InChI is InChI=1S/C14H23NO2/c1-2-15-12-13-8-4-5-9-14(13)17-11-7-3-6-10-16/h4-5,8-9,15-16H,2-3,6-7,10-12H2,1H3. The highest BCUT2D eigenvalue weighted by Crippen LogP contribution is 2.18. The molecule has 0 saturated carbocycles. The second-order valence-corrected chi connectivity index (χ2v) is 4.02. The number of hydrogen-bond acceptors (Lipinski definition) is 3. The Hall–Kier alpha value is -1.06. The van der Waals surface area contributed by atoms with Crippen LogP contribution >= 0.6 is 0 Å². The first-order valence-electron chi connectivity index (χ1n) is 6.40. The van der Waals surface area contributed by atoms with E-state index in [2.05, 4.69) is 18.3 Å². The van der Waals surface area contributed by atoms with Crippen molar-refractivity contribution in [2.45, 2.75) is 32.7 Å². The van der Waals surface area contributed by atoms with Crippen LogP contribution in [0.5, 0.6) is 5.75 Å². The molecule has 0 bridgehead atoms. The molecule has 0 atom stereocenters. The summed E-state index contributed by atoms with van der Waals surface area (Å²) in [7, 11) is 0. The molecule has 2 N–H and O–H groups in total. The summed E-state index contributed by atoms with van der Waals surface area (Å²) in [4.78, 5) is 0. The van der Waals surface area contributed by atoms with Crippen LogP contribution < -0.4 is 10.1 Å². The lowest BCUT2D eigenvalue weighted by Crippen LogP contribution is -2.13. The maximum atomic E-state index is 8.67. The minimum absolute atomic E-state index is 0.275. The molecule has 1 aromatic carbocycles. The Bertz CT molecular complexity index is 302. The van der Waals surface area contributed by atoms with Crippen molar-refractivity contribution in [3.63, 3.8) is 0 Å². The number of unbranched alkanes of at least 4 members (excludes halogenated alkanes) is 2. The monoisotopic (exact) mass is 237 g/mol. The molecule has 0 unspecified atom stereocenters. The van der Waals surface area contributed by atoms with Gasteiger partial charge in [0, 0.05) is 18.7 Å². The van der Waals surface area contributed by atoms with E-state index in [1.165, 1.54) is 5.56 Å². The summed E-state index contributed by atoms with van der Waals surface area (Å²) < 4.78 is 5.76. The van der Waals surface area contributed by atoms with Gasteiger partial charge in [0.1, 0.15) is 5.75 Å². The summed E-state index contributed by atoms with van der Waals surface area (Å²) in [5.74, 6) is 0.970. The van der Waals surface area contributed by atoms with Gasteiger partial charge < -0.3 is 15.2 Å².